The molecule has 4 N–H and O–H groups in total. The van der Waals surface area contributed by atoms with E-state index in [1.165, 1.54) is 6.92 Å². The molecule has 0 bridgehead atoms. The van der Waals surface area contributed by atoms with Gasteiger partial charge in [0.25, 0.3) is 0 Å². The van der Waals surface area contributed by atoms with Crippen LogP contribution in [0.1, 0.15) is 6.92 Å². The van der Waals surface area contributed by atoms with Crippen molar-refractivity contribution in [2.24, 2.45) is 5.73 Å². The van der Waals surface area contributed by atoms with Crippen molar-refractivity contribution in [1.29, 1.82) is 0 Å². The lowest BCUT2D eigenvalue weighted by molar-refractivity contribution is -0.287. The molecule has 0 aromatic carbocycles. The van der Waals surface area contributed by atoms with Crippen LogP contribution in [0.4, 0.5) is 0 Å². The van der Waals surface area contributed by atoms with E-state index in [-0.39, 0.29) is 26.4 Å². The van der Waals surface area contributed by atoms with Crippen molar-refractivity contribution in [3.05, 3.63) is 0 Å². The summed E-state index contributed by atoms with van der Waals surface area (Å²) in [4.78, 5) is 31.6. The molecule has 0 rings (SSSR count). The van der Waals surface area contributed by atoms with Crippen LogP contribution in [0.5, 0.6) is 0 Å². The SMILES string of the molecule is CC(OCCO)(C(=O)CN)C(=O)OOCCO. The number of aliphatic hydroxyl groups excluding tert-OH is 2. The Morgan fingerprint density at radius 1 is 1.24 bits per heavy atom. The summed E-state index contributed by atoms with van der Waals surface area (Å²) < 4.78 is 4.93. The molecule has 0 radical (unpaired) electrons. The molecule has 8 nitrogen and oxygen atoms in total. The quantitative estimate of drug-likeness (QED) is 0.181. The average molecular weight is 251 g/mol. The van der Waals surface area contributed by atoms with Crippen molar-refractivity contribution in [2.45, 2.75) is 12.5 Å². The lowest BCUT2D eigenvalue weighted by Gasteiger charge is -2.24. The first kappa shape index (κ1) is 15.9. The highest BCUT2D eigenvalue weighted by Gasteiger charge is 2.43. The van der Waals surface area contributed by atoms with E-state index in [1.807, 2.05) is 0 Å². The summed E-state index contributed by atoms with van der Waals surface area (Å²) in [5.74, 6) is -1.79. The van der Waals surface area contributed by atoms with Crippen LogP contribution < -0.4 is 5.73 Å². The third-order valence-corrected chi connectivity index (χ3v) is 1.90. The zero-order valence-electron chi connectivity index (χ0n) is 9.55. The summed E-state index contributed by atoms with van der Waals surface area (Å²) in [6.07, 6.45) is 0. The van der Waals surface area contributed by atoms with E-state index < -0.39 is 23.9 Å². The average Bonchev–Trinajstić information content (AvgIpc) is 2.34. The van der Waals surface area contributed by atoms with Crippen molar-refractivity contribution < 1.29 is 34.3 Å². The van der Waals surface area contributed by atoms with E-state index in [0.29, 0.717) is 0 Å². The Morgan fingerprint density at radius 3 is 2.29 bits per heavy atom. The molecule has 0 aromatic rings. The second-order valence-electron chi connectivity index (χ2n) is 3.15. The molecule has 0 spiro atoms. The molecule has 0 aliphatic carbocycles. The van der Waals surface area contributed by atoms with E-state index >= 15 is 0 Å². The molecular weight excluding hydrogens is 234 g/mol. The number of ether oxygens (including phenoxy) is 1. The number of carbonyl (C=O) groups is 2. The summed E-state index contributed by atoms with van der Waals surface area (Å²) in [5.41, 5.74) is 3.22. The van der Waals surface area contributed by atoms with Gasteiger partial charge in [-0.3, -0.25) is 9.68 Å². The normalized spacial score (nSPS) is 14.1. The molecule has 1 atom stereocenters. The van der Waals surface area contributed by atoms with Gasteiger partial charge in [0.2, 0.25) is 5.60 Å². The number of nitrogens with two attached hydrogens (primary N) is 1. The molecule has 100 valence electrons. The van der Waals surface area contributed by atoms with Gasteiger partial charge in [0.15, 0.2) is 5.78 Å². The Morgan fingerprint density at radius 2 is 1.82 bits per heavy atom. The first-order valence-corrected chi connectivity index (χ1v) is 4.95. The van der Waals surface area contributed by atoms with Gasteiger partial charge in [-0.2, -0.15) is 4.89 Å². The Kier molecular flexibility index (Phi) is 7.59. The molecule has 1 unspecified atom stereocenters. The van der Waals surface area contributed by atoms with Crippen molar-refractivity contribution in [2.75, 3.05) is 33.0 Å². The number of rotatable bonds is 9. The minimum absolute atomic E-state index is 0.224. The summed E-state index contributed by atoms with van der Waals surface area (Å²) >= 11 is 0. The monoisotopic (exact) mass is 251 g/mol. The third kappa shape index (κ3) is 4.75. The van der Waals surface area contributed by atoms with E-state index in [4.69, 9.17) is 20.7 Å². The molecule has 8 heteroatoms. The lowest BCUT2D eigenvalue weighted by Crippen LogP contribution is -2.50. The van der Waals surface area contributed by atoms with Crippen LogP contribution in [0.2, 0.25) is 0 Å². The highest BCUT2D eigenvalue weighted by molar-refractivity contribution is 6.07. The second-order valence-corrected chi connectivity index (χ2v) is 3.15. The number of carbonyl (C=O) groups excluding carboxylic acids is 2. The maximum absolute atomic E-state index is 11.5. The van der Waals surface area contributed by atoms with Gasteiger partial charge in [-0.1, -0.05) is 0 Å². The molecule has 0 fully saturated rings. The predicted molar refractivity (Wildman–Crippen MR) is 54.6 cm³/mol. The Bertz CT molecular complexity index is 258. The highest BCUT2D eigenvalue weighted by atomic mass is 17.2. The fourth-order valence-electron chi connectivity index (χ4n) is 0.910. The lowest BCUT2D eigenvalue weighted by atomic mass is 10.0. The summed E-state index contributed by atoms with van der Waals surface area (Å²) in [7, 11) is 0. The third-order valence-electron chi connectivity index (χ3n) is 1.90. The maximum atomic E-state index is 11.5. The number of Topliss-reactive ketones (excluding diaryl/α,β-unsaturated/α-hetero) is 1. The fraction of sp³-hybridized carbons (Fsp3) is 0.778. The van der Waals surface area contributed by atoms with Gasteiger partial charge in [0, 0.05) is 0 Å². The van der Waals surface area contributed by atoms with Crippen LogP contribution in [0.15, 0.2) is 0 Å². The molecule has 0 aliphatic heterocycles. The molecule has 0 saturated heterocycles. The number of ketones is 1. The number of hydrogen-bond acceptors (Lipinski definition) is 8. The first-order chi connectivity index (χ1) is 8.02. The number of hydrogen-bond donors (Lipinski definition) is 3. The molecule has 0 aromatic heterocycles. The maximum Gasteiger partial charge on any atom is 0.381 e. The van der Waals surface area contributed by atoms with E-state index in [2.05, 4.69) is 9.78 Å². The second kappa shape index (κ2) is 8.09. The molecule has 17 heavy (non-hydrogen) atoms. The molecule has 0 saturated carbocycles. The summed E-state index contributed by atoms with van der Waals surface area (Å²) in [6.45, 7) is -0.403. The van der Waals surface area contributed by atoms with Gasteiger partial charge < -0.3 is 20.7 Å². The Labute approximate surface area is 98.2 Å². The smallest absolute Gasteiger partial charge is 0.381 e. The zero-order valence-corrected chi connectivity index (χ0v) is 9.55. The molecule has 0 aliphatic rings. The zero-order chi connectivity index (χ0) is 13.3. The first-order valence-electron chi connectivity index (χ1n) is 4.95. The largest absolute Gasteiger partial charge is 0.394 e. The van der Waals surface area contributed by atoms with Crippen molar-refractivity contribution in [3.63, 3.8) is 0 Å². The van der Waals surface area contributed by atoms with Gasteiger partial charge in [-0.05, 0) is 6.92 Å². The van der Waals surface area contributed by atoms with E-state index in [0.717, 1.165) is 0 Å². The van der Waals surface area contributed by atoms with Crippen LogP contribution >= 0.6 is 0 Å². The van der Waals surface area contributed by atoms with Crippen LogP contribution in [-0.2, 0) is 24.1 Å². The van der Waals surface area contributed by atoms with Crippen LogP contribution in [0.25, 0.3) is 0 Å². The van der Waals surface area contributed by atoms with Gasteiger partial charge in [0.05, 0.1) is 26.4 Å². The topological polar surface area (TPSA) is 128 Å². The Balaban J connectivity index is 4.55. The van der Waals surface area contributed by atoms with Crippen LogP contribution in [0.3, 0.4) is 0 Å². The van der Waals surface area contributed by atoms with Gasteiger partial charge in [-0.25, -0.2) is 4.79 Å². The van der Waals surface area contributed by atoms with Crippen molar-refractivity contribution in [3.8, 4) is 0 Å². The Hall–Kier alpha value is -1.06. The molecular formula is C9H17NO7. The highest BCUT2D eigenvalue weighted by Crippen LogP contribution is 2.14. The molecule has 0 amide bonds. The molecule has 0 heterocycles. The van der Waals surface area contributed by atoms with Gasteiger partial charge in [-0.15, -0.1) is 0 Å². The van der Waals surface area contributed by atoms with E-state index in [1.54, 1.807) is 0 Å². The van der Waals surface area contributed by atoms with Crippen molar-refractivity contribution in [1.82, 2.24) is 0 Å². The van der Waals surface area contributed by atoms with Crippen LogP contribution in [0, 0.1) is 0 Å². The summed E-state index contributed by atoms with van der Waals surface area (Å²) in [5, 5.41) is 17.0. The van der Waals surface area contributed by atoms with Crippen LogP contribution in [-0.4, -0.2) is 60.5 Å². The number of aliphatic hydroxyl groups is 2. The standard InChI is InChI=1S/C9H17NO7/c1-9(7(13)6-10,15-4-2-11)8(14)17-16-5-3-12/h11-12H,2-6,10H2,1H3. The van der Waals surface area contributed by atoms with Gasteiger partial charge in [0.1, 0.15) is 6.61 Å². The van der Waals surface area contributed by atoms with Gasteiger partial charge >= 0.3 is 5.97 Å². The fourth-order valence-corrected chi connectivity index (χ4v) is 0.910. The summed E-state index contributed by atoms with van der Waals surface area (Å²) in [6, 6.07) is 0. The van der Waals surface area contributed by atoms with E-state index in [9.17, 15) is 9.59 Å². The predicted octanol–water partition coefficient (Wildman–Crippen LogP) is -2.25. The minimum Gasteiger partial charge on any atom is -0.394 e. The van der Waals surface area contributed by atoms with Crippen molar-refractivity contribution >= 4 is 11.8 Å². The minimum atomic E-state index is -1.92.